The van der Waals surface area contributed by atoms with Crippen molar-refractivity contribution in [1.82, 2.24) is 19.7 Å². The van der Waals surface area contributed by atoms with E-state index in [1.54, 1.807) is 17.1 Å². The summed E-state index contributed by atoms with van der Waals surface area (Å²) in [7, 11) is 0. The van der Waals surface area contributed by atoms with E-state index in [0.29, 0.717) is 37.1 Å². The smallest absolute Gasteiger partial charge is 0.256 e. The number of carbonyl (C=O) groups excluding carboxylic acids is 1. The van der Waals surface area contributed by atoms with Gasteiger partial charge in [-0.15, -0.1) is 0 Å². The number of amides is 1. The zero-order valence-electron chi connectivity index (χ0n) is 13.2. The number of aromatic nitrogens is 3. The monoisotopic (exact) mass is 312 g/mol. The van der Waals surface area contributed by atoms with Crippen LogP contribution >= 0.6 is 0 Å². The van der Waals surface area contributed by atoms with E-state index in [2.05, 4.69) is 17.0 Å². The predicted octanol–water partition coefficient (Wildman–Crippen LogP) is 1.91. The Bertz CT molecular complexity index is 694. The molecule has 0 aromatic carbocycles. The molecule has 2 aromatic heterocycles. The molecule has 2 aliphatic rings. The lowest BCUT2D eigenvalue weighted by Gasteiger charge is -2.45. The molecule has 4 rings (SSSR count). The highest BCUT2D eigenvalue weighted by atomic mass is 16.5. The lowest BCUT2D eigenvalue weighted by molar-refractivity contribution is -0.0547. The Morgan fingerprint density at radius 2 is 2.26 bits per heavy atom. The molecule has 1 saturated heterocycles. The standard InChI is InChI=1S/C17H20N4O2/c1-17(14-4-5-14)12-23-10-9-20(17)16(22)13-3-6-15(18-11-13)21-8-2-7-19-21/h2-3,6-8,11,14H,4-5,9-10,12H2,1H3. The van der Waals surface area contributed by atoms with Gasteiger partial charge in [-0.3, -0.25) is 4.79 Å². The Balaban J connectivity index is 1.58. The maximum atomic E-state index is 13.0. The largest absolute Gasteiger partial charge is 0.377 e. The van der Waals surface area contributed by atoms with E-state index in [1.807, 2.05) is 29.3 Å². The number of hydrogen-bond acceptors (Lipinski definition) is 4. The van der Waals surface area contributed by atoms with E-state index in [1.165, 1.54) is 12.8 Å². The zero-order chi connectivity index (χ0) is 15.9. The SMILES string of the molecule is CC1(C2CC2)COCCN1C(=O)c1ccc(-n2cccn2)nc1. The third-order valence-electron chi connectivity index (χ3n) is 4.91. The average Bonchev–Trinajstić information content (AvgIpc) is 3.31. The molecule has 0 spiro atoms. The second-order valence-corrected chi connectivity index (χ2v) is 6.50. The van der Waals surface area contributed by atoms with Crippen LogP contribution in [0.4, 0.5) is 0 Å². The topological polar surface area (TPSA) is 60.2 Å². The highest BCUT2D eigenvalue weighted by Gasteiger charge is 2.49. The summed E-state index contributed by atoms with van der Waals surface area (Å²) in [6.07, 6.45) is 7.54. The Kier molecular flexibility index (Phi) is 3.41. The molecular weight excluding hydrogens is 292 g/mol. The van der Waals surface area contributed by atoms with E-state index >= 15 is 0 Å². The summed E-state index contributed by atoms with van der Waals surface area (Å²) in [5, 5.41) is 4.15. The van der Waals surface area contributed by atoms with E-state index < -0.39 is 0 Å². The Labute approximate surface area is 135 Å². The van der Waals surface area contributed by atoms with Gasteiger partial charge in [0.15, 0.2) is 5.82 Å². The number of carbonyl (C=O) groups is 1. The van der Waals surface area contributed by atoms with Gasteiger partial charge in [0, 0.05) is 25.1 Å². The molecule has 2 fully saturated rings. The highest BCUT2D eigenvalue weighted by molar-refractivity contribution is 5.94. The highest BCUT2D eigenvalue weighted by Crippen LogP contribution is 2.44. The fourth-order valence-electron chi connectivity index (χ4n) is 3.35. The van der Waals surface area contributed by atoms with Crippen LogP contribution in [0.5, 0.6) is 0 Å². The molecule has 23 heavy (non-hydrogen) atoms. The van der Waals surface area contributed by atoms with Crippen molar-refractivity contribution < 1.29 is 9.53 Å². The van der Waals surface area contributed by atoms with Crippen molar-refractivity contribution in [3.05, 3.63) is 42.4 Å². The lowest BCUT2D eigenvalue weighted by Crippen LogP contribution is -2.58. The molecular formula is C17H20N4O2. The lowest BCUT2D eigenvalue weighted by atomic mass is 9.92. The predicted molar refractivity (Wildman–Crippen MR) is 84.3 cm³/mol. The van der Waals surface area contributed by atoms with Crippen molar-refractivity contribution in [3.63, 3.8) is 0 Å². The minimum absolute atomic E-state index is 0.0437. The summed E-state index contributed by atoms with van der Waals surface area (Å²) >= 11 is 0. The zero-order valence-corrected chi connectivity index (χ0v) is 13.2. The van der Waals surface area contributed by atoms with Gasteiger partial charge in [0.2, 0.25) is 0 Å². The van der Waals surface area contributed by atoms with E-state index in [0.717, 1.165) is 0 Å². The number of morpholine rings is 1. The Morgan fingerprint density at radius 3 is 2.91 bits per heavy atom. The van der Waals surface area contributed by atoms with Crippen molar-refractivity contribution in [2.75, 3.05) is 19.8 Å². The number of nitrogens with zero attached hydrogens (tertiary/aromatic N) is 4. The molecule has 1 amide bonds. The maximum absolute atomic E-state index is 13.0. The van der Waals surface area contributed by atoms with Gasteiger partial charge >= 0.3 is 0 Å². The molecule has 1 unspecified atom stereocenters. The number of pyridine rings is 1. The molecule has 1 aliphatic carbocycles. The first-order valence-electron chi connectivity index (χ1n) is 8.04. The molecule has 0 bridgehead atoms. The van der Waals surface area contributed by atoms with Crippen LogP contribution in [0.25, 0.3) is 5.82 Å². The quantitative estimate of drug-likeness (QED) is 0.868. The van der Waals surface area contributed by atoms with Crippen LogP contribution in [0.3, 0.4) is 0 Å². The second-order valence-electron chi connectivity index (χ2n) is 6.50. The van der Waals surface area contributed by atoms with Crippen LogP contribution in [0.2, 0.25) is 0 Å². The molecule has 120 valence electrons. The van der Waals surface area contributed by atoms with Crippen molar-refractivity contribution in [1.29, 1.82) is 0 Å². The summed E-state index contributed by atoms with van der Waals surface area (Å²) in [5.41, 5.74) is 0.436. The first-order chi connectivity index (χ1) is 11.2. The molecule has 6 heteroatoms. The molecule has 1 atom stereocenters. The number of hydrogen-bond donors (Lipinski definition) is 0. The summed E-state index contributed by atoms with van der Waals surface area (Å²) in [6, 6.07) is 5.50. The summed E-state index contributed by atoms with van der Waals surface area (Å²) in [6.45, 7) is 4.02. The molecule has 3 heterocycles. The fourth-order valence-corrected chi connectivity index (χ4v) is 3.35. The van der Waals surface area contributed by atoms with Gasteiger partial charge in [-0.2, -0.15) is 5.10 Å². The summed E-state index contributed by atoms with van der Waals surface area (Å²) < 4.78 is 7.33. The van der Waals surface area contributed by atoms with Gasteiger partial charge in [-0.25, -0.2) is 9.67 Å². The van der Waals surface area contributed by atoms with Gasteiger partial charge in [0.05, 0.1) is 24.3 Å². The van der Waals surface area contributed by atoms with Crippen LogP contribution in [-0.4, -0.2) is 50.9 Å². The molecule has 6 nitrogen and oxygen atoms in total. The molecule has 0 N–H and O–H groups in total. The van der Waals surface area contributed by atoms with Crippen LogP contribution in [-0.2, 0) is 4.74 Å². The third-order valence-corrected chi connectivity index (χ3v) is 4.91. The summed E-state index contributed by atoms with van der Waals surface area (Å²) in [5.74, 6) is 1.31. The maximum Gasteiger partial charge on any atom is 0.256 e. The minimum Gasteiger partial charge on any atom is -0.377 e. The minimum atomic E-state index is -0.185. The first kappa shape index (κ1) is 14.4. The van der Waals surface area contributed by atoms with Crippen LogP contribution in [0.15, 0.2) is 36.8 Å². The van der Waals surface area contributed by atoms with Crippen molar-refractivity contribution in [3.8, 4) is 5.82 Å². The molecule has 2 aromatic rings. The van der Waals surface area contributed by atoms with Crippen molar-refractivity contribution in [2.24, 2.45) is 5.92 Å². The molecule has 1 aliphatic heterocycles. The van der Waals surface area contributed by atoms with Gasteiger partial charge in [-0.1, -0.05) is 0 Å². The van der Waals surface area contributed by atoms with Gasteiger partial charge in [-0.05, 0) is 43.9 Å². The van der Waals surface area contributed by atoms with Crippen molar-refractivity contribution in [2.45, 2.75) is 25.3 Å². The van der Waals surface area contributed by atoms with Crippen LogP contribution in [0, 0.1) is 5.92 Å². The number of rotatable bonds is 3. The second kappa shape index (κ2) is 5.45. The van der Waals surface area contributed by atoms with Crippen LogP contribution in [0.1, 0.15) is 30.1 Å². The van der Waals surface area contributed by atoms with E-state index in [-0.39, 0.29) is 11.4 Å². The normalized spacial score (nSPS) is 24.7. The number of ether oxygens (including phenoxy) is 1. The molecule has 0 radical (unpaired) electrons. The summed E-state index contributed by atoms with van der Waals surface area (Å²) in [4.78, 5) is 19.3. The van der Waals surface area contributed by atoms with Crippen LogP contribution < -0.4 is 0 Å². The Hall–Kier alpha value is -2.21. The van der Waals surface area contributed by atoms with Crippen molar-refractivity contribution >= 4 is 5.91 Å². The molecule has 1 saturated carbocycles. The van der Waals surface area contributed by atoms with E-state index in [4.69, 9.17) is 4.74 Å². The van der Waals surface area contributed by atoms with Gasteiger partial charge < -0.3 is 9.64 Å². The first-order valence-corrected chi connectivity index (χ1v) is 8.04. The van der Waals surface area contributed by atoms with Gasteiger partial charge in [0.25, 0.3) is 5.91 Å². The Morgan fingerprint density at radius 1 is 1.39 bits per heavy atom. The van der Waals surface area contributed by atoms with E-state index in [9.17, 15) is 4.79 Å². The average molecular weight is 312 g/mol. The third kappa shape index (κ3) is 2.53. The van der Waals surface area contributed by atoms with Gasteiger partial charge in [0.1, 0.15) is 0 Å². The fraction of sp³-hybridized carbons (Fsp3) is 0.471.